The monoisotopic (exact) mass is 329 g/mol. The molecule has 0 saturated carbocycles. The highest BCUT2D eigenvalue weighted by Crippen LogP contribution is 2.20. The molecule has 0 aliphatic rings. The second-order valence-corrected chi connectivity index (χ2v) is 5.96. The Kier molecular flexibility index (Phi) is 4.48. The number of hydrogen-bond acceptors (Lipinski definition) is 5. The predicted molar refractivity (Wildman–Crippen MR) is 72.6 cm³/mol. The largest absolute Gasteiger partial charge is 0.494 e. The number of hydrogen-bond donors (Lipinski definition) is 2. The molecule has 118 valence electrons. The molecule has 0 amide bonds. The minimum atomic E-state index is -3.97. The van der Waals surface area contributed by atoms with Gasteiger partial charge in [-0.25, -0.2) is 22.3 Å². The first kappa shape index (κ1) is 16.0. The van der Waals surface area contributed by atoms with E-state index in [1.165, 1.54) is 31.4 Å². The Bertz CT molecular complexity index is 799. The summed E-state index contributed by atoms with van der Waals surface area (Å²) in [5.74, 6) is -2.32. The van der Waals surface area contributed by atoms with Gasteiger partial charge in [0.2, 0.25) is 15.8 Å². The first-order valence-corrected chi connectivity index (χ1v) is 7.47. The summed E-state index contributed by atoms with van der Waals surface area (Å²) in [6.07, 6.45) is 0. The fourth-order valence-corrected chi connectivity index (χ4v) is 2.66. The lowest BCUT2D eigenvalue weighted by atomic mass is 10.3. The van der Waals surface area contributed by atoms with Gasteiger partial charge in [0.15, 0.2) is 11.6 Å². The number of ether oxygens (including phenoxy) is 1. The zero-order valence-electron chi connectivity index (χ0n) is 11.4. The fraction of sp³-hybridized carbons (Fsp3) is 0.154. The first-order chi connectivity index (χ1) is 10.3. The first-order valence-electron chi connectivity index (χ1n) is 5.98. The Hall–Kier alpha value is -2.39. The van der Waals surface area contributed by atoms with Crippen molar-refractivity contribution >= 4 is 16.0 Å². The van der Waals surface area contributed by atoms with E-state index >= 15 is 0 Å². The Morgan fingerprint density at radius 1 is 1.36 bits per heavy atom. The normalized spacial score (nSPS) is 11.4. The van der Waals surface area contributed by atoms with Crippen molar-refractivity contribution in [1.82, 2.24) is 4.72 Å². The third-order valence-corrected chi connectivity index (χ3v) is 4.14. The van der Waals surface area contributed by atoms with E-state index in [0.717, 1.165) is 6.07 Å². The molecule has 22 heavy (non-hydrogen) atoms. The van der Waals surface area contributed by atoms with Gasteiger partial charge in [0.05, 0.1) is 18.6 Å². The van der Waals surface area contributed by atoms with E-state index in [9.17, 15) is 17.6 Å². The SMILES string of the molecule is COc1ccc(S(=O)(=O)NCc2ccc(C(=O)O)o2)cc1F. The van der Waals surface area contributed by atoms with E-state index in [1.54, 1.807) is 0 Å². The maximum atomic E-state index is 13.5. The van der Waals surface area contributed by atoms with Gasteiger partial charge < -0.3 is 14.3 Å². The van der Waals surface area contributed by atoms with Crippen molar-refractivity contribution in [3.63, 3.8) is 0 Å². The van der Waals surface area contributed by atoms with E-state index in [0.29, 0.717) is 0 Å². The zero-order valence-corrected chi connectivity index (χ0v) is 12.2. The van der Waals surface area contributed by atoms with Crippen LogP contribution >= 0.6 is 0 Å². The number of aromatic carboxylic acids is 1. The molecule has 0 spiro atoms. The van der Waals surface area contributed by atoms with Gasteiger partial charge in [-0.1, -0.05) is 0 Å². The number of rotatable bonds is 6. The van der Waals surface area contributed by atoms with Gasteiger partial charge in [-0.2, -0.15) is 0 Å². The van der Waals surface area contributed by atoms with Crippen molar-refractivity contribution in [3.8, 4) is 5.75 Å². The van der Waals surface area contributed by atoms with Crippen LogP contribution in [0.15, 0.2) is 39.6 Å². The van der Waals surface area contributed by atoms with Crippen molar-refractivity contribution in [1.29, 1.82) is 0 Å². The van der Waals surface area contributed by atoms with Gasteiger partial charge in [-0.05, 0) is 30.3 Å². The third-order valence-electron chi connectivity index (χ3n) is 2.74. The standard InChI is InChI=1S/C13H12FNO6S/c1-20-11-5-3-9(6-10(11)14)22(18,19)15-7-8-2-4-12(21-8)13(16)17/h2-6,15H,7H2,1H3,(H,16,17). The number of methoxy groups -OCH3 is 1. The molecule has 2 N–H and O–H groups in total. The number of carboxylic acid groups (broad SMARTS) is 1. The molecule has 0 fully saturated rings. The van der Waals surface area contributed by atoms with E-state index in [1.807, 2.05) is 0 Å². The van der Waals surface area contributed by atoms with Crippen LogP contribution in [0.5, 0.6) is 5.75 Å². The summed E-state index contributed by atoms with van der Waals surface area (Å²) >= 11 is 0. The molecule has 0 bridgehead atoms. The molecule has 0 atom stereocenters. The lowest BCUT2D eigenvalue weighted by Crippen LogP contribution is -2.23. The number of carboxylic acids is 1. The smallest absolute Gasteiger partial charge is 0.371 e. The Labute approximate surface area is 125 Å². The quantitative estimate of drug-likeness (QED) is 0.834. The molecule has 1 aromatic carbocycles. The molecule has 2 aromatic rings. The minimum absolute atomic E-state index is 0.0731. The van der Waals surface area contributed by atoms with Crippen molar-refractivity contribution in [2.75, 3.05) is 7.11 Å². The molecular weight excluding hydrogens is 317 g/mol. The Morgan fingerprint density at radius 2 is 2.09 bits per heavy atom. The summed E-state index contributed by atoms with van der Waals surface area (Å²) in [6, 6.07) is 5.75. The Morgan fingerprint density at radius 3 is 2.64 bits per heavy atom. The van der Waals surface area contributed by atoms with Crippen LogP contribution in [0.2, 0.25) is 0 Å². The molecule has 1 heterocycles. The number of nitrogens with one attached hydrogen (secondary N) is 1. The van der Waals surface area contributed by atoms with Crippen LogP contribution in [-0.4, -0.2) is 26.6 Å². The van der Waals surface area contributed by atoms with E-state index in [4.69, 9.17) is 14.3 Å². The predicted octanol–water partition coefficient (Wildman–Crippen LogP) is 1.60. The van der Waals surface area contributed by atoms with Crippen molar-refractivity contribution in [2.24, 2.45) is 0 Å². The lowest BCUT2D eigenvalue weighted by Gasteiger charge is -2.07. The van der Waals surface area contributed by atoms with Crippen LogP contribution < -0.4 is 9.46 Å². The maximum Gasteiger partial charge on any atom is 0.371 e. The molecule has 2 rings (SSSR count). The summed E-state index contributed by atoms with van der Waals surface area (Å²) in [5, 5.41) is 8.70. The molecule has 1 aromatic heterocycles. The van der Waals surface area contributed by atoms with Crippen molar-refractivity contribution in [3.05, 3.63) is 47.7 Å². The van der Waals surface area contributed by atoms with Crippen LogP contribution in [0.4, 0.5) is 4.39 Å². The highest BCUT2D eigenvalue weighted by molar-refractivity contribution is 7.89. The van der Waals surface area contributed by atoms with E-state index < -0.39 is 21.8 Å². The minimum Gasteiger partial charge on any atom is -0.494 e. The summed E-state index contributed by atoms with van der Waals surface area (Å²) in [4.78, 5) is 10.4. The summed E-state index contributed by atoms with van der Waals surface area (Å²) < 4.78 is 49.4. The maximum absolute atomic E-state index is 13.5. The van der Waals surface area contributed by atoms with Gasteiger partial charge in [0, 0.05) is 0 Å². The van der Waals surface area contributed by atoms with E-state index in [2.05, 4.69) is 4.72 Å². The van der Waals surface area contributed by atoms with Gasteiger partial charge in [0.1, 0.15) is 5.76 Å². The highest BCUT2D eigenvalue weighted by atomic mass is 32.2. The molecule has 0 aliphatic heterocycles. The number of carbonyl (C=O) groups is 1. The van der Waals surface area contributed by atoms with Crippen LogP contribution in [0, 0.1) is 5.82 Å². The average Bonchev–Trinajstić information content (AvgIpc) is 2.94. The molecule has 0 aliphatic carbocycles. The van der Waals surface area contributed by atoms with Crippen molar-refractivity contribution < 1.29 is 31.9 Å². The summed E-state index contributed by atoms with van der Waals surface area (Å²) in [5.41, 5.74) is 0. The zero-order chi connectivity index (χ0) is 16.3. The van der Waals surface area contributed by atoms with Gasteiger partial charge in [0.25, 0.3) is 0 Å². The fourth-order valence-electron chi connectivity index (χ4n) is 1.65. The van der Waals surface area contributed by atoms with E-state index in [-0.39, 0.29) is 28.7 Å². The molecule has 0 radical (unpaired) electrons. The lowest BCUT2D eigenvalue weighted by molar-refractivity contribution is 0.0660. The molecular formula is C13H12FNO6S. The van der Waals surface area contributed by atoms with Crippen molar-refractivity contribution in [2.45, 2.75) is 11.4 Å². The third kappa shape index (κ3) is 3.43. The van der Waals surface area contributed by atoms with Crippen LogP contribution in [0.25, 0.3) is 0 Å². The van der Waals surface area contributed by atoms with Gasteiger partial charge in [-0.3, -0.25) is 0 Å². The number of halogens is 1. The molecule has 0 unspecified atom stereocenters. The molecule has 7 nitrogen and oxygen atoms in total. The number of benzene rings is 1. The van der Waals surface area contributed by atoms with Crippen LogP contribution in [0.3, 0.4) is 0 Å². The number of sulfonamides is 1. The Balaban J connectivity index is 2.13. The summed E-state index contributed by atoms with van der Waals surface area (Å²) in [7, 11) is -2.70. The average molecular weight is 329 g/mol. The highest BCUT2D eigenvalue weighted by Gasteiger charge is 2.18. The second kappa shape index (κ2) is 6.16. The second-order valence-electron chi connectivity index (χ2n) is 4.19. The summed E-state index contributed by atoms with van der Waals surface area (Å²) in [6.45, 7) is -0.261. The van der Waals surface area contributed by atoms with Gasteiger partial charge >= 0.3 is 5.97 Å². The van der Waals surface area contributed by atoms with Crippen LogP contribution in [-0.2, 0) is 16.6 Å². The number of furan rings is 1. The molecule has 9 heteroatoms. The van der Waals surface area contributed by atoms with Crippen LogP contribution in [0.1, 0.15) is 16.3 Å². The topological polar surface area (TPSA) is 106 Å². The molecule has 0 saturated heterocycles. The van der Waals surface area contributed by atoms with Gasteiger partial charge in [-0.15, -0.1) is 0 Å².